The Hall–Kier alpha value is -2.87. The van der Waals surface area contributed by atoms with Gasteiger partial charge in [0.25, 0.3) is 5.69 Å². The quantitative estimate of drug-likeness (QED) is 0.536. The number of benzene rings is 2. The van der Waals surface area contributed by atoms with Crippen molar-refractivity contribution in [3.8, 4) is 11.5 Å². The number of rotatable bonds is 6. The molecule has 0 radical (unpaired) electrons. The van der Waals surface area contributed by atoms with Gasteiger partial charge in [-0.2, -0.15) is 0 Å². The largest absolute Gasteiger partial charge is 0.457 e. The van der Waals surface area contributed by atoms with E-state index in [1.807, 2.05) is 0 Å². The van der Waals surface area contributed by atoms with Crippen molar-refractivity contribution in [3.05, 3.63) is 62.9 Å². The number of nitro benzene ring substituents is 1. The van der Waals surface area contributed by atoms with Crippen LogP contribution in [0.5, 0.6) is 11.5 Å². The van der Waals surface area contributed by atoms with E-state index in [-0.39, 0.29) is 22.2 Å². The number of ether oxygens (including phenoxy) is 2. The SMILES string of the molecule is CC(c1ccc(Oc2ccc(F)c(Cl)c2)cc1[N+](=O)[O-])C(C)(C)OC(N)=O. The Kier molecular flexibility index (Phi) is 5.90. The minimum absolute atomic E-state index is 0.127. The fraction of sp³-hybridized carbons (Fsp3) is 0.278. The second-order valence-electron chi connectivity index (χ2n) is 6.40. The predicted molar refractivity (Wildman–Crippen MR) is 97.7 cm³/mol. The Morgan fingerprint density at radius 1 is 1.26 bits per heavy atom. The average molecular weight is 397 g/mol. The number of carbonyl (C=O) groups excluding carboxylic acids is 1. The minimum Gasteiger partial charge on any atom is -0.457 e. The number of hydrogen-bond acceptors (Lipinski definition) is 5. The molecule has 0 aromatic heterocycles. The summed E-state index contributed by atoms with van der Waals surface area (Å²) in [7, 11) is 0. The van der Waals surface area contributed by atoms with E-state index in [4.69, 9.17) is 26.8 Å². The molecule has 2 aromatic rings. The summed E-state index contributed by atoms with van der Waals surface area (Å²) in [6.07, 6.45) is -0.970. The standard InChI is InChI=1S/C18H18ClFN2O5/c1-10(18(2,3)27-17(21)23)13-6-4-12(9-16(13)22(24)25)26-11-5-7-15(20)14(19)8-11/h4-10H,1-3H3,(H2,21,23). The molecule has 0 aliphatic carbocycles. The Morgan fingerprint density at radius 3 is 2.41 bits per heavy atom. The van der Waals surface area contributed by atoms with Gasteiger partial charge in [-0.25, -0.2) is 9.18 Å². The molecule has 144 valence electrons. The lowest BCUT2D eigenvalue weighted by Crippen LogP contribution is -2.36. The van der Waals surface area contributed by atoms with E-state index in [0.717, 1.165) is 6.07 Å². The second-order valence-corrected chi connectivity index (χ2v) is 6.81. The van der Waals surface area contributed by atoms with Gasteiger partial charge in [-0.05, 0) is 38.1 Å². The van der Waals surface area contributed by atoms with Crippen LogP contribution in [0.15, 0.2) is 36.4 Å². The van der Waals surface area contributed by atoms with Crippen molar-refractivity contribution >= 4 is 23.4 Å². The van der Waals surface area contributed by atoms with Crippen LogP contribution in [0.3, 0.4) is 0 Å². The van der Waals surface area contributed by atoms with E-state index in [1.54, 1.807) is 20.8 Å². The summed E-state index contributed by atoms with van der Waals surface area (Å²) < 4.78 is 23.8. The lowest BCUT2D eigenvalue weighted by molar-refractivity contribution is -0.386. The van der Waals surface area contributed by atoms with E-state index >= 15 is 0 Å². The van der Waals surface area contributed by atoms with Gasteiger partial charge in [0.05, 0.1) is 16.0 Å². The van der Waals surface area contributed by atoms with Gasteiger partial charge >= 0.3 is 6.09 Å². The second kappa shape index (κ2) is 7.79. The van der Waals surface area contributed by atoms with E-state index in [2.05, 4.69) is 0 Å². The summed E-state index contributed by atoms with van der Waals surface area (Å²) >= 11 is 5.71. The van der Waals surface area contributed by atoms with E-state index < -0.39 is 28.4 Å². The smallest absolute Gasteiger partial charge is 0.405 e. The van der Waals surface area contributed by atoms with Crippen LogP contribution in [0.4, 0.5) is 14.9 Å². The first-order chi connectivity index (χ1) is 12.5. The first-order valence-electron chi connectivity index (χ1n) is 7.91. The van der Waals surface area contributed by atoms with Crippen LogP contribution in [0.2, 0.25) is 5.02 Å². The Bertz CT molecular complexity index is 888. The minimum atomic E-state index is -1.07. The maximum atomic E-state index is 13.2. The van der Waals surface area contributed by atoms with E-state index in [1.165, 1.54) is 30.3 Å². The van der Waals surface area contributed by atoms with Crippen LogP contribution >= 0.6 is 11.6 Å². The van der Waals surface area contributed by atoms with Crippen molar-refractivity contribution in [1.82, 2.24) is 0 Å². The molecular formula is C18H18ClFN2O5. The van der Waals surface area contributed by atoms with Crippen molar-refractivity contribution in [1.29, 1.82) is 0 Å². The predicted octanol–water partition coefficient (Wildman–Crippen LogP) is 5.16. The fourth-order valence-electron chi connectivity index (χ4n) is 2.51. The third kappa shape index (κ3) is 4.85. The number of hydrogen-bond donors (Lipinski definition) is 1. The molecule has 2 aromatic carbocycles. The Balaban J connectivity index is 2.37. The van der Waals surface area contributed by atoms with Crippen LogP contribution < -0.4 is 10.5 Å². The number of amides is 1. The molecule has 2 N–H and O–H groups in total. The van der Waals surface area contributed by atoms with Crippen LogP contribution in [0, 0.1) is 15.9 Å². The van der Waals surface area contributed by atoms with Crippen molar-refractivity contribution in [2.45, 2.75) is 32.3 Å². The molecule has 0 aliphatic rings. The number of nitrogens with zero attached hydrogens (tertiary/aromatic N) is 1. The van der Waals surface area contributed by atoms with Crippen LogP contribution in [0.25, 0.3) is 0 Å². The van der Waals surface area contributed by atoms with Gasteiger partial charge in [0.2, 0.25) is 0 Å². The van der Waals surface area contributed by atoms with Crippen molar-refractivity contribution in [2.24, 2.45) is 5.73 Å². The van der Waals surface area contributed by atoms with Gasteiger partial charge in [-0.1, -0.05) is 18.5 Å². The highest BCUT2D eigenvalue weighted by molar-refractivity contribution is 6.30. The number of nitro groups is 1. The molecule has 9 heteroatoms. The monoisotopic (exact) mass is 396 g/mol. The lowest BCUT2D eigenvalue weighted by atomic mass is 9.85. The molecule has 1 atom stereocenters. The average Bonchev–Trinajstić information content (AvgIpc) is 2.56. The van der Waals surface area contributed by atoms with Crippen molar-refractivity contribution in [3.63, 3.8) is 0 Å². The molecule has 0 saturated heterocycles. The highest BCUT2D eigenvalue weighted by Crippen LogP contribution is 2.38. The fourth-order valence-corrected chi connectivity index (χ4v) is 2.68. The molecule has 27 heavy (non-hydrogen) atoms. The molecule has 0 heterocycles. The molecule has 0 spiro atoms. The first-order valence-corrected chi connectivity index (χ1v) is 8.28. The topological polar surface area (TPSA) is 105 Å². The Labute approximate surface area is 160 Å². The third-order valence-electron chi connectivity index (χ3n) is 4.20. The number of primary amides is 1. The lowest BCUT2D eigenvalue weighted by Gasteiger charge is -2.30. The van der Waals surface area contributed by atoms with Gasteiger partial charge in [-0.15, -0.1) is 0 Å². The summed E-state index contributed by atoms with van der Waals surface area (Å²) in [6.45, 7) is 4.90. The molecule has 1 unspecified atom stereocenters. The van der Waals surface area contributed by atoms with Crippen molar-refractivity contribution < 1.29 is 23.6 Å². The molecule has 7 nitrogen and oxygen atoms in total. The molecule has 2 rings (SSSR count). The van der Waals surface area contributed by atoms with Gasteiger partial charge < -0.3 is 15.2 Å². The van der Waals surface area contributed by atoms with E-state index in [9.17, 15) is 19.3 Å². The highest BCUT2D eigenvalue weighted by atomic mass is 35.5. The summed E-state index contributed by atoms with van der Waals surface area (Å²) in [5, 5.41) is 11.4. The maximum absolute atomic E-state index is 13.2. The number of carbonyl (C=O) groups is 1. The zero-order valence-corrected chi connectivity index (χ0v) is 15.6. The molecule has 0 aliphatic heterocycles. The zero-order valence-electron chi connectivity index (χ0n) is 14.9. The number of halogens is 2. The van der Waals surface area contributed by atoms with Crippen LogP contribution in [0.1, 0.15) is 32.3 Å². The first kappa shape index (κ1) is 20.4. The Morgan fingerprint density at radius 2 is 1.85 bits per heavy atom. The molecular weight excluding hydrogens is 379 g/mol. The van der Waals surface area contributed by atoms with Crippen LogP contribution in [-0.2, 0) is 4.74 Å². The molecule has 0 saturated carbocycles. The third-order valence-corrected chi connectivity index (χ3v) is 4.49. The molecule has 0 fully saturated rings. The van der Waals surface area contributed by atoms with Gasteiger partial charge in [0, 0.05) is 17.5 Å². The van der Waals surface area contributed by atoms with Crippen molar-refractivity contribution in [2.75, 3.05) is 0 Å². The molecule has 0 bridgehead atoms. The summed E-state index contributed by atoms with van der Waals surface area (Å²) in [4.78, 5) is 22.1. The summed E-state index contributed by atoms with van der Waals surface area (Å²) in [5.74, 6) is -0.724. The van der Waals surface area contributed by atoms with Gasteiger partial charge in [0.15, 0.2) is 0 Å². The molecule has 1 amide bonds. The number of nitrogens with two attached hydrogens (primary N) is 1. The normalized spacial score (nSPS) is 12.3. The highest BCUT2D eigenvalue weighted by Gasteiger charge is 2.35. The zero-order chi connectivity index (χ0) is 20.4. The van der Waals surface area contributed by atoms with Gasteiger partial charge in [-0.3, -0.25) is 10.1 Å². The summed E-state index contributed by atoms with van der Waals surface area (Å²) in [5.41, 5.74) is 4.14. The maximum Gasteiger partial charge on any atom is 0.405 e. The summed E-state index contributed by atoms with van der Waals surface area (Å²) in [6, 6.07) is 8.03. The van der Waals surface area contributed by atoms with Crippen LogP contribution in [-0.4, -0.2) is 16.6 Å². The van der Waals surface area contributed by atoms with Gasteiger partial charge in [0.1, 0.15) is 22.9 Å². The van der Waals surface area contributed by atoms with E-state index in [0.29, 0.717) is 5.56 Å².